The third-order valence-electron chi connectivity index (χ3n) is 11.7. The fourth-order valence-electron chi connectivity index (χ4n) is 9.74. The first-order chi connectivity index (χ1) is 17.1. The number of aliphatic hydroxyl groups excluding tert-OH is 3. The Morgan fingerprint density at radius 2 is 1.89 bits per heavy atom. The highest BCUT2D eigenvalue weighted by molar-refractivity contribution is 7.18. The molecule has 0 saturated heterocycles. The molecule has 11 atom stereocenters. The SMILES string of the molecule is CC(CCc1nc2ccc(F)cc2s1)[C@H]1CC[C@H]2[C@@H]3[C@H](O)C[C@@H]4C[C@H](O)CC[C@]4(C)[C@H]3C[C@H](O)[C@]12C. The number of nitrogens with zero attached hydrogens (tertiary/aromatic N) is 1. The monoisotopic (exact) mass is 515 g/mol. The summed E-state index contributed by atoms with van der Waals surface area (Å²) in [7, 11) is 0. The van der Waals surface area contributed by atoms with E-state index < -0.39 is 0 Å². The van der Waals surface area contributed by atoms with Crippen molar-refractivity contribution >= 4 is 21.6 Å². The highest BCUT2D eigenvalue weighted by Crippen LogP contribution is 2.68. The summed E-state index contributed by atoms with van der Waals surface area (Å²) in [4.78, 5) is 4.73. The molecule has 1 aromatic heterocycles. The van der Waals surface area contributed by atoms with Gasteiger partial charge in [0.05, 0.1) is 33.5 Å². The van der Waals surface area contributed by atoms with Crippen LogP contribution in [0, 0.1) is 52.2 Å². The van der Waals surface area contributed by atoms with Crippen molar-refractivity contribution in [2.24, 2.45) is 46.3 Å². The van der Waals surface area contributed by atoms with Crippen LogP contribution in [0.15, 0.2) is 18.2 Å². The molecule has 1 heterocycles. The van der Waals surface area contributed by atoms with Crippen molar-refractivity contribution in [3.63, 3.8) is 0 Å². The lowest BCUT2D eigenvalue weighted by atomic mass is 9.43. The number of hydrogen-bond acceptors (Lipinski definition) is 5. The fraction of sp³-hybridized carbons (Fsp3) is 0.767. The van der Waals surface area contributed by atoms with Gasteiger partial charge in [-0.3, -0.25) is 0 Å². The van der Waals surface area contributed by atoms with Crippen molar-refractivity contribution in [2.75, 3.05) is 0 Å². The lowest BCUT2D eigenvalue weighted by molar-refractivity contribution is -0.207. The molecule has 0 spiro atoms. The number of aliphatic hydroxyl groups is 3. The molecule has 2 aromatic rings. The number of hydrogen-bond donors (Lipinski definition) is 3. The summed E-state index contributed by atoms with van der Waals surface area (Å²) < 4.78 is 14.5. The molecule has 6 rings (SSSR count). The van der Waals surface area contributed by atoms with Crippen molar-refractivity contribution in [3.8, 4) is 0 Å². The Bertz CT molecular complexity index is 1120. The van der Waals surface area contributed by atoms with Gasteiger partial charge in [0, 0.05) is 0 Å². The molecule has 0 bridgehead atoms. The van der Waals surface area contributed by atoms with E-state index >= 15 is 0 Å². The molecule has 0 radical (unpaired) electrons. The summed E-state index contributed by atoms with van der Waals surface area (Å²) in [5, 5.41) is 34.6. The molecule has 1 unspecified atom stereocenters. The van der Waals surface area contributed by atoms with Gasteiger partial charge in [-0.2, -0.15) is 0 Å². The molecule has 4 saturated carbocycles. The van der Waals surface area contributed by atoms with Gasteiger partial charge in [-0.05, 0) is 122 Å². The summed E-state index contributed by atoms with van der Waals surface area (Å²) in [6.45, 7) is 7.04. The molecule has 4 nitrogen and oxygen atoms in total. The molecule has 0 amide bonds. The van der Waals surface area contributed by atoms with Crippen molar-refractivity contribution in [1.82, 2.24) is 4.98 Å². The minimum atomic E-state index is -0.348. The van der Waals surface area contributed by atoms with E-state index in [0.29, 0.717) is 29.6 Å². The van der Waals surface area contributed by atoms with Crippen molar-refractivity contribution in [1.29, 1.82) is 0 Å². The number of thiazole rings is 1. The van der Waals surface area contributed by atoms with Gasteiger partial charge in [-0.1, -0.05) is 20.8 Å². The molecule has 1 aromatic carbocycles. The third-order valence-corrected chi connectivity index (χ3v) is 12.8. The van der Waals surface area contributed by atoms with E-state index in [0.717, 1.165) is 73.0 Å². The van der Waals surface area contributed by atoms with Gasteiger partial charge in [0.1, 0.15) is 5.82 Å². The fourth-order valence-corrected chi connectivity index (χ4v) is 10.7. The van der Waals surface area contributed by atoms with E-state index in [1.54, 1.807) is 23.5 Å². The smallest absolute Gasteiger partial charge is 0.124 e. The van der Waals surface area contributed by atoms with Gasteiger partial charge in [-0.15, -0.1) is 11.3 Å². The second kappa shape index (κ2) is 9.00. The second-order valence-corrected chi connectivity index (χ2v) is 14.4. The highest BCUT2D eigenvalue weighted by Gasteiger charge is 2.65. The first-order valence-electron chi connectivity index (χ1n) is 14.2. The Balaban J connectivity index is 1.20. The number of aromatic nitrogens is 1. The molecular formula is C30H42FNO3S. The highest BCUT2D eigenvalue weighted by atomic mass is 32.1. The van der Waals surface area contributed by atoms with Crippen LogP contribution in [-0.4, -0.2) is 38.6 Å². The van der Waals surface area contributed by atoms with E-state index in [-0.39, 0.29) is 40.9 Å². The summed E-state index contributed by atoms with van der Waals surface area (Å²) >= 11 is 1.59. The molecule has 36 heavy (non-hydrogen) atoms. The number of halogens is 1. The Labute approximate surface area is 218 Å². The van der Waals surface area contributed by atoms with Gasteiger partial charge in [0.2, 0.25) is 0 Å². The lowest BCUT2D eigenvalue weighted by Gasteiger charge is -2.63. The van der Waals surface area contributed by atoms with E-state index in [9.17, 15) is 19.7 Å². The molecular weight excluding hydrogens is 473 g/mol. The predicted octanol–water partition coefficient (Wildman–Crippen LogP) is 5.97. The molecule has 4 aliphatic carbocycles. The molecule has 4 aliphatic rings. The first kappa shape index (κ1) is 25.2. The first-order valence-corrected chi connectivity index (χ1v) is 15.0. The number of aryl methyl sites for hydroxylation is 1. The van der Waals surface area contributed by atoms with Crippen molar-refractivity contribution in [2.45, 2.75) is 96.9 Å². The van der Waals surface area contributed by atoms with Crippen LogP contribution in [-0.2, 0) is 6.42 Å². The minimum Gasteiger partial charge on any atom is -0.393 e. The number of fused-ring (bicyclic) bond motifs is 6. The van der Waals surface area contributed by atoms with E-state index in [1.807, 2.05) is 0 Å². The Morgan fingerprint density at radius 3 is 2.69 bits per heavy atom. The van der Waals surface area contributed by atoms with Crippen LogP contribution < -0.4 is 0 Å². The van der Waals surface area contributed by atoms with Crippen LogP contribution in [0.5, 0.6) is 0 Å². The Morgan fingerprint density at radius 1 is 1.08 bits per heavy atom. The number of rotatable bonds is 4. The topological polar surface area (TPSA) is 73.6 Å². The van der Waals surface area contributed by atoms with E-state index in [1.165, 1.54) is 6.07 Å². The third kappa shape index (κ3) is 3.80. The Kier molecular flexibility index (Phi) is 6.30. The largest absolute Gasteiger partial charge is 0.393 e. The maximum absolute atomic E-state index is 13.6. The summed E-state index contributed by atoms with van der Waals surface area (Å²) in [5.74, 6) is 1.96. The van der Waals surface area contributed by atoms with Crippen LogP contribution in [0.1, 0.15) is 77.1 Å². The van der Waals surface area contributed by atoms with E-state index in [4.69, 9.17) is 4.98 Å². The molecule has 6 heteroatoms. The van der Waals surface area contributed by atoms with Crippen LogP contribution in [0.25, 0.3) is 10.2 Å². The van der Waals surface area contributed by atoms with E-state index in [2.05, 4.69) is 20.8 Å². The van der Waals surface area contributed by atoms with Gasteiger partial charge in [0.25, 0.3) is 0 Å². The molecule has 0 aliphatic heterocycles. The van der Waals surface area contributed by atoms with Gasteiger partial charge >= 0.3 is 0 Å². The van der Waals surface area contributed by atoms with Crippen LogP contribution in [0.3, 0.4) is 0 Å². The average Bonchev–Trinajstić information content (AvgIpc) is 3.40. The predicted molar refractivity (Wildman–Crippen MR) is 141 cm³/mol. The van der Waals surface area contributed by atoms with Gasteiger partial charge in [0.15, 0.2) is 0 Å². The maximum Gasteiger partial charge on any atom is 0.124 e. The van der Waals surface area contributed by atoms with Gasteiger partial charge in [-0.25, -0.2) is 9.37 Å². The van der Waals surface area contributed by atoms with Crippen molar-refractivity contribution < 1.29 is 19.7 Å². The summed E-state index contributed by atoms with van der Waals surface area (Å²) in [6.07, 6.45) is 7.42. The zero-order chi connectivity index (χ0) is 25.4. The van der Waals surface area contributed by atoms with Crippen molar-refractivity contribution in [3.05, 3.63) is 29.0 Å². The van der Waals surface area contributed by atoms with Crippen LogP contribution in [0.4, 0.5) is 4.39 Å². The zero-order valence-electron chi connectivity index (χ0n) is 21.9. The standard InChI is InChI=1S/C30H42FNO3S/c1-16(4-9-27-32-23-8-5-18(31)14-25(23)36-27)20-6-7-21-28-22(15-26(35)30(20,21)3)29(2)11-10-19(33)12-17(29)13-24(28)34/h5,8,14,16-17,19-22,24,26,28,33-35H,4,6-7,9-13,15H2,1-3H3/t16?,17-,19+,20+,21-,22-,24+,26-,28-,29-,30+/m0/s1. The summed E-state index contributed by atoms with van der Waals surface area (Å²) in [6, 6.07) is 4.81. The minimum absolute atomic E-state index is 0.113. The normalized spacial score (nSPS) is 45.2. The number of benzene rings is 1. The van der Waals surface area contributed by atoms with Crippen LogP contribution in [0.2, 0.25) is 0 Å². The Hall–Kier alpha value is -1.08. The lowest BCUT2D eigenvalue weighted by Crippen LogP contribution is -2.62. The second-order valence-electron chi connectivity index (χ2n) is 13.3. The molecule has 198 valence electrons. The maximum atomic E-state index is 13.6. The van der Waals surface area contributed by atoms with Crippen LogP contribution >= 0.6 is 11.3 Å². The quantitative estimate of drug-likeness (QED) is 0.469. The van der Waals surface area contributed by atoms with Gasteiger partial charge < -0.3 is 15.3 Å². The molecule has 4 fully saturated rings. The average molecular weight is 516 g/mol. The summed E-state index contributed by atoms with van der Waals surface area (Å²) in [5.41, 5.74) is 0.816. The molecule has 3 N–H and O–H groups in total. The zero-order valence-corrected chi connectivity index (χ0v) is 22.7.